The topological polar surface area (TPSA) is 6.48 Å². The van der Waals surface area contributed by atoms with Gasteiger partial charge in [-0.3, -0.25) is 0 Å². The van der Waals surface area contributed by atoms with Gasteiger partial charge >= 0.3 is 0 Å². The van der Waals surface area contributed by atoms with Crippen LogP contribution in [-0.2, 0) is 5.41 Å². The average Bonchev–Trinajstić information content (AvgIpc) is 3.50. The van der Waals surface area contributed by atoms with E-state index in [1.54, 1.807) is 0 Å². The summed E-state index contributed by atoms with van der Waals surface area (Å²) in [6.07, 6.45) is 8.69. The molecule has 286 valence electrons. The van der Waals surface area contributed by atoms with Gasteiger partial charge in [0.25, 0.3) is 0 Å². The summed E-state index contributed by atoms with van der Waals surface area (Å²) in [4.78, 5) is 4.76. The van der Waals surface area contributed by atoms with E-state index in [0.717, 1.165) is 34.1 Å². The Morgan fingerprint density at radius 1 is 0.322 bits per heavy atom. The van der Waals surface area contributed by atoms with Crippen LogP contribution in [0.25, 0.3) is 35.4 Å². The highest BCUT2D eigenvalue weighted by molar-refractivity contribution is 5.89. The number of benzene rings is 8. The van der Waals surface area contributed by atoms with E-state index in [-0.39, 0.29) is 5.41 Å². The van der Waals surface area contributed by atoms with Gasteiger partial charge in [-0.2, -0.15) is 0 Å². The van der Waals surface area contributed by atoms with Crippen molar-refractivity contribution in [3.8, 4) is 11.1 Å². The average molecular weight is 761 g/mol. The quantitative estimate of drug-likeness (QED) is 0.128. The van der Waals surface area contributed by atoms with Crippen molar-refractivity contribution in [2.45, 2.75) is 33.1 Å². The molecule has 0 amide bonds. The standard InChI is InChI=1S/C57H48N2/c1-41-15-27-47(28-16-41)58(49-31-23-45(24-32-49)21-19-43-11-7-5-8-12-43)51-35-37-53-54-38-36-52(40-56(54)57(3,4)55(53)39-51)59(48-29-17-42(2)18-30-48)50-33-25-46(26-34-50)22-20-44-13-9-6-10-14-44/h5-40H,1-4H3/b21-19+,22-20+. The van der Waals surface area contributed by atoms with Gasteiger partial charge in [-0.25, -0.2) is 0 Å². The van der Waals surface area contributed by atoms with E-state index in [9.17, 15) is 0 Å². The van der Waals surface area contributed by atoms with Gasteiger partial charge in [0.2, 0.25) is 0 Å². The van der Waals surface area contributed by atoms with Gasteiger partial charge in [0, 0.05) is 39.5 Å². The Labute approximate surface area is 349 Å². The maximum Gasteiger partial charge on any atom is 0.0465 e. The third-order valence-corrected chi connectivity index (χ3v) is 11.6. The molecule has 0 saturated heterocycles. The van der Waals surface area contributed by atoms with E-state index in [4.69, 9.17) is 0 Å². The molecule has 1 aliphatic carbocycles. The van der Waals surface area contributed by atoms with E-state index >= 15 is 0 Å². The molecule has 8 aromatic rings. The van der Waals surface area contributed by atoms with Crippen molar-refractivity contribution >= 4 is 58.4 Å². The summed E-state index contributed by atoms with van der Waals surface area (Å²) >= 11 is 0. The van der Waals surface area contributed by atoms with Gasteiger partial charge in [-0.15, -0.1) is 0 Å². The van der Waals surface area contributed by atoms with Crippen molar-refractivity contribution in [3.63, 3.8) is 0 Å². The Kier molecular flexibility index (Phi) is 10.1. The summed E-state index contributed by atoms with van der Waals surface area (Å²) in [6.45, 7) is 9.04. The van der Waals surface area contributed by atoms with Gasteiger partial charge < -0.3 is 9.80 Å². The van der Waals surface area contributed by atoms with Crippen molar-refractivity contribution in [3.05, 3.63) is 239 Å². The zero-order valence-electron chi connectivity index (χ0n) is 34.2. The molecule has 0 spiro atoms. The van der Waals surface area contributed by atoms with Gasteiger partial charge in [-0.05, 0) is 131 Å². The fraction of sp³-hybridized carbons (Fsp3) is 0.0877. The molecule has 0 unspecified atom stereocenters. The van der Waals surface area contributed by atoms with Crippen LogP contribution in [0.4, 0.5) is 34.1 Å². The van der Waals surface area contributed by atoms with Crippen LogP contribution in [0, 0.1) is 13.8 Å². The van der Waals surface area contributed by atoms with Crippen molar-refractivity contribution in [1.82, 2.24) is 0 Å². The summed E-state index contributed by atoms with van der Waals surface area (Å²) in [5.41, 5.74) is 19.0. The molecule has 2 nitrogen and oxygen atoms in total. The molecule has 0 aromatic heterocycles. The van der Waals surface area contributed by atoms with Crippen molar-refractivity contribution in [2.75, 3.05) is 9.80 Å². The number of hydrogen-bond acceptors (Lipinski definition) is 2. The first-order valence-corrected chi connectivity index (χ1v) is 20.5. The number of nitrogens with zero attached hydrogens (tertiary/aromatic N) is 2. The van der Waals surface area contributed by atoms with Gasteiger partial charge in [0.05, 0.1) is 0 Å². The van der Waals surface area contributed by atoms with E-state index in [0.29, 0.717) is 0 Å². The first-order valence-electron chi connectivity index (χ1n) is 20.5. The monoisotopic (exact) mass is 760 g/mol. The third kappa shape index (κ3) is 7.78. The van der Waals surface area contributed by atoms with Crippen LogP contribution >= 0.6 is 0 Å². The van der Waals surface area contributed by atoms with Crippen LogP contribution in [0.2, 0.25) is 0 Å². The lowest BCUT2D eigenvalue weighted by Crippen LogP contribution is -2.17. The van der Waals surface area contributed by atoms with Crippen LogP contribution in [0.15, 0.2) is 194 Å². The molecule has 0 bridgehead atoms. The highest BCUT2D eigenvalue weighted by Crippen LogP contribution is 2.52. The van der Waals surface area contributed by atoms with Crippen molar-refractivity contribution in [2.24, 2.45) is 0 Å². The second kappa shape index (κ2) is 16.0. The Morgan fingerprint density at radius 2 is 0.610 bits per heavy atom. The summed E-state index contributed by atoms with van der Waals surface area (Å²) in [7, 11) is 0. The van der Waals surface area contributed by atoms with E-state index in [1.807, 2.05) is 0 Å². The zero-order valence-corrected chi connectivity index (χ0v) is 34.2. The molecule has 0 N–H and O–H groups in total. The van der Waals surface area contributed by atoms with E-state index in [2.05, 4.69) is 256 Å². The number of aryl methyl sites for hydroxylation is 2. The Hall–Kier alpha value is -7.16. The number of rotatable bonds is 10. The molecule has 1 aliphatic rings. The Bertz CT molecular complexity index is 2570. The van der Waals surface area contributed by atoms with Gasteiger partial charge in [-0.1, -0.05) is 171 Å². The second-order valence-electron chi connectivity index (χ2n) is 16.1. The van der Waals surface area contributed by atoms with Crippen molar-refractivity contribution in [1.29, 1.82) is 0 Å². The number of fused-ring (bicyclic) bond motifs is 3. The Morgan fingerprint density at radius 3 is 0.949 bits per heavy atom. The molecule has 2 heteroatoms. The van der Waals surface area contributed by atoms with E-state index in [1.165, 1.54) is 55.6 Å². The lowest BCUT2D eigenvalue weighted by atomic mass is 9.82. The molecular formula is C57H48N2. The lowest BCUT2D eigenvalue weighted by Gasteiger charge is -2.29. The first kappa shape index (κ1) is 37.4. The molecule has 9 rings (SSSR count). The zero-order chi connectivity index (χ0) is 40.3. The fourth-order valence-electron chi connectivity index (χ4n) is 8.26. The lowest BCUT2D eigenvalue weighted by molar-refractivity contribution is 0.660. The molecule has 0 aliphatic heterocycles. The predicted molar refractivity (Wildman–Crippen MR) is 254 cm³/mol. The normalized spacial score (nSPS) is 12.7. The third-order valence-electron chi connectivity index (χ3n) is 11.6. The fourth-order valence-corrected chi connectivity index (χ4v) is 8.26. The molecule has 0 heterocycles. The number of anilines is 6. The minimum atomic E-state index is -0.229. The number of hydrogen-bond donors (Lipinski definition) is 0. The van der Waals surface area contributed by atoms with Gasteiger partial charge in [0.1, 0.15) is 0 Å². The minimum Gasteiger partial charge on any atom is -0.310 e. The van der Waals surface area contributed by atoms with Crippen molar-refractivity contribution < 1.29 is 0 Å². The maximum absolute atomic E-state index is 2.41. The van der Waals surface area contributed by atoms with E-state index < -0.39 is 0 Å². The predicted octanol–water partition coefficient (Wildman–Crippen LogP) is 15.9. The molecule has 0 radical (unpaired) electrons. The van der Waals surface area contributed by atoms with Crippen LogP contribution in [0.5, 0.6) is 0 Å². The second-order valence-corrected chi connectivity index (χ2v) is 16.1. The molecular weight excluding hydrogens is 713 g/mol. The highest BCUT2D eigenvalue weighted by atomic mass is 15.1. The molecule has 0 fully saturated rings. The van der Waals surface area contributed by atoms with Crippen LogP contribution in [-0.4, -0.2) is 0 Å². The molecule has 8 aromatic carbocycles. The summed E-state index contributed by atoms with van der Waals surface area (Å²) in [6, 6.07) is 70.4. The van der Waals surface area contributed by atoms with Crippen LogP contribution in [0.1, 0.15) is 58.4 Å². The summed E-state index contributed by atoms with van der Waals surface area (Å²) in [5, 5.41) is 0. The molecule has 0 atom stereocenters. The first-order chi connectivity index (χ1) is 28.8. The Balaban J connectivity index is 1.06. The smallest absolute Gasteiger partial charge is 0.0465 e. The SMILES string of the molecule is Cc1ccc(N(c2ccc(/C=C/c3ccccc3)cc2)c2ccc3c(c2)C(C)(C)c2cc(N(c4ccc(C)cc4)c4ccc(/C=C/c5ccccc5)cc4)ccc2-3)cc1. The molecule has 59 heavy (non-hydrogen) atoms. The minimum absolute atomic E-state index is 0.229. The maximum atomic E-state index is 2.41. The largest absolute Gasteiger partial charge is 0.310 e. The van der Waals surface area contributed by atoms with Crippen LogP contribution < -0.4 is 9.80 Å². The highest BCUT2D eigenvalue weighted by Gasteiger charge is 2.37. The summed E-state index contributed by atoms with van der Waals surface area (Å²) < 4.78 is 0. The molecule has 0 saturated carbocycles. The van der Waals surface area contributed by atoms with Crippen LogP contribution in [0.3, 0.4) is 0 Å². The summed E-state index contributed by atoms with van der Waals surface area (Å²) in [5.74, 6) is 0. The van der Waals surface area contributed by atoms with Gasteiger partial charge in [0.15, 0.2) is 0 Å².